The van der Waals surface area contributed by atoms with E-state index in [1.54, 1.807) is 6.92 Å². The van der Waals surface area contributed by atoms with E-state index < -0.39 is 22.4 Å². The highest BCUT2D eigenvalue weighted by Crippen LogP contribution is 2.20. The zero-order valence-electron chi connectivity index (χ0n) is 7.72. The maximum Gasteiger partial charge on any atom is 0.144 e. The molecule has 14 heavy (non-hydrogen) atoms. The van der Waals surface area contributed by atoms with Crippen LogP contribution < -0.4 is 5.73 Å². The molecule has 0 saturated carbocycles. The first kappa shape index (κ1) is 11.1. The lowest BCUT2D eigenvalue weighted by molar-refractivity contribution is 0.535. The van der Waals surface area contributed by atoms with Crippen LogP contribution in [0.4, 0.5) is 14.5 Å². The van der Waals surface area contributed by atoms with Gasteiger partial charge in [0, 0.05) is 11.4 Å². The van der Waals surface area contributed by atoms with Crippen molar-refractivity contribution in [3.8, 4) is 0 Å². The summed E-state index contributed by atoms with van der Waals surface area (Å²) in [5.41, 5.74) is 5.22. The molecule has 1 aromatic rings. The van der Waals surface area contributed by atoms with Gasteiger partial charge in [-0.05, 0) is 18.6 Å². The van der Waals surface area contributed by atoms with E-state index in [1.165, 1.54) is 0 Å². The van der Waals surface area contributed by atoms with Crippen LogP contribution in [0.2, 0.25) is 0 Å². The molecule has 2 N–H and O–H groups in total. The molecule has 0 bridgehead atoms. The van der Waals surface area contributed by atoms with Crippen molar-refractivity contribution in [1.82, 2.24) is 0 Å². The van der Waals surface area contributed by atoms with Crippen LogP contribution in [-0.2, 0) is 10.8 Å². The first-order valence-corrected chi connectivity index (χ1v) is 5.51. The van der Waals surface area contributed by atoms with Crippen molar-refractivity contribution in [2.24, 2.45) is 0 Å². The number of benzene rings is 1. The molecule has 0 aromatic heterocycles. The van der Waals surface area contributed by atoms with Crippen LogP contribution in [0.5, 0.6) is 0 Å². The van der Waals surface area contributed by atoms with Gasteiger partial charge >= 0.3 is 0 Å². The summed E-state index contributed by atoms with van der Waals surface area (Å²) < 4.78 is 37.7. The van der Waals surface area contributed by atoms with Crippen molar-refractivity contribution in [2.75, 3.05) is 11.5 Å². The van der Waals surface area contributed by atoms with Crippen molar-refractivity contribution in [3.05, 3.63) is 23.8 Å². The van der Waals surface area contributed by atoms with Gasteiger partial charge in [0.15, 0.2) is 0 Å². The van der Waals surface area contributed by atoms with E-state index >= 15 is 0 Å². The molecule has 0 fully saturated rings. The molecule has 0 aliphatic carbocycles. The minimum atomic E-state index is -1.62. The Hall–Kier alpha value is -0.970. The molecule has 0 heterocycles. The fourth-order valence-corrected chi connectivity index (χ4v) is 2.21. The Labute approximate surface area is 83.6 Å². The summed E-state index contributed by atoms with van der Waals surface area (Å²) in [7, 11) is -1.62. The lowest BCUT2D eigenvalue weighted by Crippen LogP contribution is -2.04. The highest BCUT2D eigenvalue weighted by Gasteiger charge is 2.15. The second-order valence-electron chi connectivity index (χ2n) is 2.86. The Balaban J connectivity index is 3.14. The predicted molar refractivity (Wildman–Crippen MR) is 52.3 cm³/mol. The van der Waals surface area contributed by atoms with Crippen molar-refractivity contribution in [1.29, 1.82) is 0 Å². The van der Waals surface area contributed by atoms with Crippen LogP contribution in [0.1, 0.15) is 13.3 Å². The van der Waals surface area contributed by atoms with Crippen molar-refractivity contribution < 1.29 is 13.0 Å². The third kappa shape index (κ3) is 2.29. The average Bonchev–Trinajstić information content (AvgIpc) is 2.01. The summed E-state index contributed by atoms with van der Waals surface area (Å²) in [5, 5.41) is 0. The van der Waals surface area contributed by atoms with Crippen molar-refractivity contribution >= 4 is 16.5 Å². The smallest absolute Gasteiger partial charge is 0.144 e. The van der Waals surface area contributed by atoms with Gasteiger partial charge in [-0.1, -0.05) is 6.92 Å². The van der Waals surface area contributed by atoms with Gasteiger partial charge in [-0.3, -0.25) is 4.21 Å². The molecule has 1 unspecified atom stereocenters. The third-order valence-electron chi connectivity index (χ3n) is 1.64. The van der Waals surface area contributed by atoms with E-state index in [0.717, 1.165) is 12.1 Å². The van der Waals surface area contributed by atoms with Crippen LogP contribution in [0.15, 0.2) is 17.0 Å². The first-order chi connectivity index (χ1) is 6.56. The minimum absolute atomic E-state index is 0.00255. The van der Waals surface area contributed by atoms with Gasteiger partial charge in [0.2, 0.25) is 0 Å². The maximum absolute atomic E-state index is 13.2. The van der Waals surface area contributed by atoms with Gasteiger partial charge < -0.3 is 5.73 Å². The fourth-order valence-electron chi connectivity index (χ4n) is 1.08. The van der Waals surface area contributed by atoms with E-state index in [1.807, 2.05) is 0 Å². The minimum Gasteiger partial charge on any atom is -0.399 e. The number of hydrogen-bond donors (Lipinski definition) is 1. The topological polar surface area (TPSA) is 43.1 Å². The largest absolute Gasteiger partial charge is 0.399 e. The summed E-state index contributed by atoms with van der Waals surface area (Å²) in [6.07, 6.45) is 0.607. The number of nitrogens with two attached hydrogens (primary N) is 1. The summed E-state index contributed by atoms with van der Waals surface area (Å²) in [6, 6.07) is 1.96. The predicted octanol–water partition coefficient (Wildman–Crippen LogP) is 2.06. The molecule has 0 radical (unpaired) electrons. The molecule has 0 saturated heterocycles. The SMILES string of the molecule is CCCS(=O)c1c(F)cc(N)cc1F. The summed E-state index contributed by atoms with van der Waals surface area (Å²) in [5.74, 6) is -1.43. The van der Waals surface area contributed by atoms with E-state index in [0.29, 0.717) is 6.42 Å². The first-order valence-electron chi connectivity index (χ1n) is 4.19. The molecule has 0 spiro atoms. The van der Waals surface area contributed by atoms with E-state index in [4.69, 9.17) is 5.73 Å². The number of rotatable bonds is 3. The lowest BCUT2D eigenvalue weighted by Gasteiger charge is -2.04. The normalized spacial score (nSPS) is 12.8. The van der Waals surface area contributed by atoms with Crippen LogP contribution in [0, 0.1) is 11.6 Å². The van der Waals surface area contributed by atoms with Crippen molar-refractivity contribution in [3.63, 3.8) is 0 Å². The number of anilines is 1. The molecule has 1 rings (SSSR count). The molecule has 0 amide bonds. The number of halogens is 2. The second-order valence-corrected chi connectivity index (χ2v) is 4.37. The second kappa shape index (κ2) is 4.50. The Morgan fingerprint density at radius 1 is 1.36 bits per heavy atom. The molecule has 78 valence electrons. The highest BCUT2D eigenvalue weighted by atomic mass is 32.2. The Morgan fingerprint density at radius 3 is 2.29 bits per heavy atom. The molecule has 1 aromatic carbocycles. The molecule has 0 aliphatic heterocycles. The standard InChI is InChI=1S/C9H11F2NOS/c1-2-3-14(13)9-7(10)4-6(12)5-8(9)11/h4-5H,2-3,12H2,1H3. The Kier molecular flexibility index (Phi) is 3.57. The van der Waals surface area contributed by atoms with Gasteiger partial charge in [0.25, 0.3) is 0 Å². The summed E-state index contributed by atoms with van der Waals surface area (Å²) in [4.78, 5) is -0.374. The average molecular weight is 219 g/mol. The van der Waals surface area contributed by atoms with Crippen LogP contribution in [0.25, 0.3) is 0 Å². The lowest BCUT2D eigenvalue weighted by atomic mass is 10.3. The van der Waals surface area contributed by atoms with Crippen LogP contribution >= 0.6 is 0 Å². The quantitative estimate of drug-likeness (QED) is 0.791. The number of hydrogen-bond acceptors (Lipinski definition) is 2. The molecule has 2 nitrogen and oxygen atoms in total. The van der Waals surface area contributed by atoms with Gasteiger partial charge in [0.1, 0.15) is 16.5 Å². The van der Waals surface area contributed by atoms with Gasteiger partial charge in [0.05, 0.1) is 10.8 Å². The third-order valence-corrected chi connectivity index (χ3v) is 3.26. The Bertz CT molecular complexity index is 345. The van der Waals surface area contributed by atoms with Crippen molar-refractivity contribution in [2.45, 2.75) is 18.2 Å². The zero-order valence-corrected chi connectivity index (χ0v) is 8.54. The van der Waals surface area contributed by atoms with E-state index in [-0.39, 0.29) is 16.3 Å². The highest BCUT2D eigenvalue weighted by molar-refractivity contribution is 7.85. The molecule has 0 aliphatic rings. The maximum atomic E-state index is 13.2. The monoisotopic (exact) mass is 219 g/mol. The molecular weight excluding hydrogens is 208 g/mol. The summed E-state index contributed by atoms with van der Waals surface area (Å²) in [6.45, 7) is 1.80. The summed E-state index contributed by atoms with van der Waals surface area (Å²) >= 11 is 0. The zero-order chi connectivity index (χ0) is 10.7. The van der Waals surface area contributed by atoms with E-state index in [2.05, 4.69) is 0 Å². The van der Waals surface area contributed by atoms with Gasteiger partial charge in [-0.2, -0.15) is 0 Å². The van der Waals surface area contributed by atoms with Crippen LogP contribution in [-0.4, -0.2) is 9.96 Å². The fraction of sp³-hybridized carbons (Fsp3) is 0.333. The molecule has 1 atom stereocenters. The molecule has 5 heteroatoms. The Morgan fingerprint density at radius 2 is 1.86 bits per heavy atom. The van der Waals surface area contributed by atoms with Gasteiger partial charge in [-0.15, -0.1) is 0 Å². The van der Waals surface area contributed by atoms with E-state index in [9.17, 15) is 13.0 Å². The van der Waals surface area contributed by atoms with Crippen LogP contribution in [0.3, 0.4) is 0 Å². The molecular formula is C9H11F2NOS. The van der Waals surface area contributed by atoms with Gasteiger partial charge in [-0.25, -0.2) is 8.78 Å². The number of nitrogen functional groups attached to an aromatic ring is 1.